The molecule has 0 aromatic heterocycles. The fourth-order valence-electron chi connectivity index (χ4n) is 1.44. The molecule has 1 amide bonds. The van der Waals surface area contributed by atoms with Gasteiger partial charge in [0.15, 0.2) is 0 Å². The summed E-state index contributed by atoms with van der Waals surface area (Å²) in [5.74, 6) is 0. The predicted octanol–water partition coefficient (Wildman–Crippen LogP) is 0.463. The average Bonchev–Trinajstić information content (AvgIpc) is 2.18. The Morgan fingerprint density at radius 1 is 1.33 bits per heavy atom. The van der Waals surface area contributed by atoms with Gasteiger partial charge in [-0.1, -0.05) is 6.42 Å². The van der Waals surface area contributed by atoms with Crippen LogP contribution in [0.2, 0.25) is 0 Å². The van der Waals surface area contributed by atoms with E-state index in [0.29, 0.717) is 13.1 Å². The Bertz CT molecular complexity index is 309. The molecule has 15 heavy (non-hydrogen) atoms. The van der Waals surface area contributed by atoms with Crippen LogP contribution >= 0.6 is 0 Å². The van der Waals surface area contributed by atoms with Crippen molar-refractivity contribution in [2.24, 2.45) is 0 Å². The molecule has 0 aromatic carbocycles. The van der Waals surface area contributed by atoms with Gasteiger partial charge in [-0.3, -0.25) is 0 Å². The molecule has 0 atom stereocenters. The standard InChI is InChI=1S/C8H16N2O4S/c1-2-14-8(11)9-15(12,13)10-6-4-3-5-7-10/h2-7H2,1H3,(H,9,11). The minimum Gasteiger partial charge on any atom is -0.449 e. The Balaban J connectivity index is 2.53. The van der Waals surface area contributed by atoms with Gasteiger partial charge in [-0.25, -0.2) is 9.52 Å². The van der Waals surface area contributed by atoms with Crippen molar-refractivity contribution < 1.29 is 17.9 Å². The molecule has 0 aliphatic carbocycles. The van der Waals surface area contributed by atoms with Gasteiger partial charge in [0, 0.05) is 13.1 Å². The SMILES string of the molecule is CCOC(=O)NS(=O)(=O)N1CCCCC1. The Hall–Kier alpha value is -0.820. The number of hydrogen-bond acceptors (Lipinski definition) is 4. The second kappa shape index (κ2) is 5.32. The summed E-state index contributed by atoms with van der Waals surface area (Å²) in [6.45, 7) is 2.71. The molecular weight excluding hydrogens is 220 g/mol. The van der Waals surface area contributed by atoms with Crippen LogP contribution in [0.3, 0.4) is 0 Å². The molecule has 1 N–H and O–H groups in total. The molecule has 6 nitrogen and oxygen atoms in total. The largest absolute Gasteiger partial charge is 0.449 e. The summed E-state index contributed by atoms with van der Waals surface area (Å²) in [5.41, 5.74) is 0. The molecule has 0 bridgehead atoms. The molecule has 1 rings (SSSR count). The molecule has 1 heterocycles. The molecule has 88 valence electrons. The van der Waals surface area contributed by atoms with Crippen LogP contribution in [0.5, 0.6) is 0 Å². The van der Waals surface area contributed by atoms with Gasteiger partial charge in [0.1, 0.15) is 0 Å². The van der Waals surface area contributed by atoms with E-state index in [4.69, 9.17) is 0 Å². The van der Waals surface area contributed by atoms with Crippen molar-refractivity contribution in [3.63, 3.8) is 0 Å². The maximum absolute atomic E-state index is 11.6. The molecule has 7 heteroatoms. The Morgan fingerprint density at radius 2 is 1.93 bits per heavy atom. The van der Waals surface area contributed by atoms with Gasteiger partial charge in [-0.2, -0.15) is 12.7 Å². The molecule has 1 saturated heterocycles. The fraction of sp³-hybridized carbons (Fsp3) is 0.875. The molecule has 0 spiro atoms. The van der Waals surface area contributed by atoms with Crippen molar-refractivity contribution in [2.75, 3.05) is 19.7 Å². The van der Waals surface area contributed by atoms with E-state index in [1.165, 1.54) is 4.31 Å². The van der Waals surface area contributed by atoms with Crippen LogP contribution in [0.1, 0.15) is 26.2 Å². The number of amides is 1. The lowest BCUT2D eigenvalue weighted by Gasteiger charge is -2.25. The van der Waals surface area contributed by atoms with Crippen LogP contribution in [0.25, 0.3) is 0 Å². The highest BCUT2D eigenvalue weighted by Crippen LogP contribution is 2.11. The molecule has 0 aromatic rings. The highest BCUT2D eigenvalue weighted by atomic mass is 32.2. The maximum Gasteiger partial charge on any atom is 0.421 e. The zero-order chi connectivity index (χ0) is 11.3. The van der Waals surface area contributed by atoms with E-state index >= 15 is 0 Å². The van der Waals surface area contributed by atoms with Crippen LogP contribution in [0.4, 0.5) is 4.79 Å². The third-order valence-corrected chi connectivity index (χ3v) is 3.61. The van der Waals surface area contributed by atoms with E-state index in [1.807, 2.05) is 4.72 Å². The van der Waals surface area contributed by atoms with E-state index in [2.05, 4.69) is 4.74 Å². The Labute approximate surface area is 89.8 Å². The zero-order valence-electron chi connectivity index (χ0n) is 8.73. The van der Waals surface area contributed by atoms with E-state index < -0.39 is 16.3 Å². The molecule has 1 aliphatic rings. The first-order valence-electron chi connectivity index (χ1n) is 5.01. The van der Waals surface area contributed by atoms with Crippen LogP contribution in [0, 0.1) is 0 Å². The highest BCUT2D eigenvalue weighted by molar-refractivity contribution is 7.87. The third kappa shape index (κ3) is 3.67. The van der Waals surface area contributed by atoms with E-state index in [-0.39, 0.29) is 6.61 Å². The summed E-state index contributed by atoms with van der Waals surface area (Å²) in [6.07, 6.45) is 1.79. The smallest absolute Gasteiger partial charge is 0.421 e. The number of piperidine rings is 1. The van der Waals surface area contributed by atoms with Gasteiger partial charge < -0.3 is 4.74 Å². The van der Waals surface area contributed by atoms with Crippen molar-refractivity contribution in [1.29, 1.82) is 0 Å². The minimum atomic E-state index is -3.70. The lowest BCUT2D eigenvalue weighted by Crippen LogP contribution is -2.45. The average molecular weight is 236 g/mol. The van der Waals surface area contributed by atoms with Gasteiger partial charge in [0.2, 0.25) is 0 Å². The summed E-state index contributed by atoms with van der Waals surface area (Å²) < 4.78 is 30.8. The quantitative estimate of drug-likeness (QED) is 0.772. The van der Waals surface area contributed by atoms with Gasteiger partial charge in [-0.15, -0.1) is 0 Å². The molecule has 0 saturated carbocycles. The number of nitrogens with one attached hydrogen (secondary N) is 1. The first-order chi connectivity index (χ1) is 7.06. The van der Waals surface area contributed by atoms with Crippen LogP contribution < -0.4 is 4.72 Å². The lowest BCUT2D eigenvalue weighted by atomic mass is 10.2. The van der Waals surface area contributed by atoms with Crippen molar-refractivity contribution >= 4 is 16.3 Å². The van der Waals surface area contributed by atoms with E-state index in [0.717, 1.165) is 19.3 Å². The van der Waals surface area contributed by atoms with Crippen molar-refractivity contribution in [3.8, 4) is 0 Å². The third-order valence-electron chi connectivity index (χ3n) is 2.14. The molecule has 1 fully saturated rings. The van der Waals surface area contributed by atoms with Crippen LogP contribution in [-0.2, 0) is 14.9 Å². The molecular formula is C8H16N2O4S. The van der Waals surface area contributed by atoms with Gasteiger partial charge in [-0.05, 0) is 19.8 Å². The first kappa shape index (κ1) is 12.3. The van der Waals surface area contributed by atoms with Crippen LogP contribution in [0.15, 0.2) is 0 Å². The number of carbonyl (C=O) groups is 1. The summed E-state index contributed by atoms with van der Waals surface area (Å²) in [4.78, 5) is 11.0. The highest BCUT2D eigenvalue weighted by Gasteiger charge is 2.25. The Morgan fingerprint density at radius 3 is 2.47 bits per heavy atom. The number of hydrogen-bond donors (Lipinski definition) is 1. The summed E-state index contributed by atoms with van der Waals surface area (Å²) >= 11 is 0. The maximum atomic E-state index is 11.6. The lowest BCUT2D eigenvalue weighted by molar-refractivity contribution is 0.158. The topological polar surface area (TPSA) is 75.7 Å². The van der Waals surface area contributed by atoms with Crippen LogP contribution in [-0.4, -0.2) is 38.5 Å². The molecule has 0 radical (unpaired) electrons. The minimum absolute atomic E-state index is 0.154. The number of rotatable bonds is 3. The fourth-order valence-corrected chi connectivity index (χ4v) is 2.57. The predicted molar refractivity (Wildman–Crippen MR) is 54.5 cm³/mol. The summed E-state index contributed by atoms with van der Waals surface area (Å²) in [7, 11) is -3.70. The monoisotopic (exact) mass is 236 g/mol. The Kier molecular flexibility index (Phi) is 4.34. The van der Waals surface area contributed by atoms with Gasteiger partial charge in [0.25, 0.3) is 0 Å². The summed E-state index contributed by atoms with van der Waals surface area (Å²) in [5, 5.41) is 0. The normalized spacial score (nSPS) is 18.5. The second-order valence-electron chi connectivity index (χ2n) is 3.29. The van der Waals surface area contributed by atoms with Crippen molar-refractivity contribution in [1.82, 2.24) is 9.03 Å². The summed E-state index contributed by atoms with van der Waals surface area (Å²) in [6, 6.07) is 0. The van der Waals surface area contributed by atoms with E-state index in [1.54, 1.807) is 6.92 Å². The first-order valence-corrected chi connectivity index (χ1v) is 6.45. The zero-order valence-corrected chi connectivity index (χ0v) is 9.55. The van der Waals surface area contributed by atoms with E-state index in [9.17, 15) is 13.2 Å². The number of carbonyl (C=O) groups excluding carboxylic acids is 1. The van der Waals surface area contributed by atoms with Gasteiger partial charge >= 0.3 is 16.3 Å². The number of nitrogens with zero attached hydrogens (tertiary/aromatic N) is 1. The van der Waals surface area contributed by atoms with Crippen molar-refractivity contribution in [3.05, 3.63) is 0 Å². The number of ether oxygens (including phenoxy) is 1. The molecule has 1 aliphatic heterocycles. The van der Waals surface area contributed by atoms with Crippen molar-refractivity contribution in [2.45, 2.75) is 26.2 Å². The molecule has 0 unspecified atom stereocenters. The van der Waals surface area contributed by atoms with Gasteiger partial charge in [0.05, 0.1) is 6.61 Å². The second-order valence-corrected chi connectivity index (χ2v) is 4.96.